The quantitative estimate of drug-likeness (QED) is 0.641. The van der Waals surface area contributed by atoms with Gasteiger partial charge in [-0.3, -0.25) is 9.59 Å². The number of rotatable bonds is 9. The molecule has 6 heteroatoms. The lowest BCUT2D eigenvalue weighted by atomic mass is 10.1. The summed E-state index contributed by atoms with van der Waals surface area (Å²) in [5.41, 5.74) is 1.94. The molecule has 0 heterocycles. The van der Waals surface area contributed by atoms with E-state index in [1.807, 2.05) is 38.1 Å². The Hall–Kier alpha value is -2.34. The van der Waals surface area contributed by atoms with E-state index >= 15 is 0 Å². The van der Waals surface area contributed by atoms with E-state index in [1.54, 1.807) is 24.0 Å². The second kappa shape index (κ2) is 10.9. The number of nitrogens with one attached hydrogen (secondary N) is 1. The minimum absolute atomic E-state index is 0.131. The van der Waals surface area contributed by atoms with Gasteiger partial charge in [-0.1, -0.05) is 36.8 Å². The van der Waals surface area contributed by atoms with E-state index in [0.29, 0.717) is 6.54 Å². The topological polar surface area (TPSA) is 49.4 Å². The standard InChI is InChI=1S/C22H27FN2O2S/c1-4-13-24-22(27)17(3)25(14-18-7-9-19(23)10-8-18)21(26)15-28-20-11-5-16(2)6-12-20/h5-12,17H,4,13-15H2,1-3H3,(H,24,27). The molecule has 1 atom stereocenters. The Labute approximate surface area is 170 Å². The van der Waals surface area contributed by atoms with Gasteiger partial charge in [-0.25, -0.2) is 4.39 Å². The van der Waals surface area contributed by atoms with Crippen LogP contribution in [0.15, 0.2) is 53.4 Å². The summed E-state index contributed by atoms with van der Waals surface area (Å²) in [5.74, 6) is -0.410. The number of amides is 2. The van der Waals surface area contributed by atoms with E-state index in [2.05, 4.69) is 5.32 Å². The van der Waals surface area contributed by atoms with Crippen molar-refractivity contribution < 1.29 is 14.0 Å². The largest absolute Gasteiger partial charge is 0.354 e. The average molecular weight is 403 g/mol. The fraction of sp³-hybridized carbons (Fsp3) is 0.364. The molecule has 1 N–H and O–H groups in total. The van der Waals surface area contributed by atoms with Gasteiger partial charge >= 0.3 is 0 Å². The Bertz CT molecular complexity index is 778. The molecule has 0 saturated heterocycles. The Balaban J connectivity index is 2.10. The lowest BCUT2D eigenvalue weighted by Gasteiger charge is -2.28. The highest BCUT2D eigenvalue weighted by molar-refractivity contribution is 8.00. The third-order valence-corrected chi connectivity index (χ3v) is 5.36. The van der Waals surface area contributed by atoms with Crippen molar-refractivity contribution in [3.05, 3.63) is 65.5 Å². The molecular weight excluding hydrogens is 375 g/mol. The van der Waals surface area contributed by atoms with Gasteiger partial charge in [0.2, 0.25) is 11.8 Å². The van der Waals surface area contributed by atoms with Crippen molar-refractivity contribution in [1.82, 2.24) is 10.2 Å². The predicted molar refractivity (Wildman–Crippen MR) is 112 cm³/mol. The summed E-state index contributed by atoms with van der Waals surface area (Å²) in [6, 6.07) is 13.4. The molecule has 2 aromatic rings. The zero-order valence-electron chi connectivity index (χ0n) is 16.6. The van der Waals surface area contributed by atoms with Crippen LogP contribution < -0.4 is 5.32 Å². The third-order valence-electron chi connectivity index (χ3n) is 4.37. The van der Waals surface area contributed by atoms with Gasteiger partial charge in [-0.2, -0.15) is 0 Å². The van der Waals surface area contributed by atoms with Crippen LogP contribution in [0.3, 0.4) is 0 Å². The monoisotopic (exact) mass is 402 g/mol. The number of hydrogen-bond acceptors (Lipinski definition) is 3. The first-order chi connectivity index (χ1) is 13.4. The van der Waals surface area contributed by atoms with Crippen LogP contribution in [0.5, 0.6) is 0 Å². The van der Waals surface area contributed by atoms with E-state index in [9.17, 15) is 14.0 Å². The van der Waals surface area contributed by atoms with Crippen molar-refractivity contribution in [2.45, 2.75) is 44.7 Å². The molecule has 2 rings (SSSR count). The first-order valence-corrected chi connectivity index (χ1v) is 10.4. The summed E-state index contributed by atoms with van der Waals surface area (Å²) in [6.07, 6.45) is 0.827. The molecule has 0 aliphatic carbocycles. The normalized spacial score (nSPS) is 11.7. The number of carbonyl (C=O) groups is 2. The molecule has 0 bridgehead atoms. The van der Waals surface area contributed by atoms with Crippen LogP contribution >= 0.6 is 11.8 Å². The maximum absolute atomic E-state index is 13.2. The molecule has 0 aliphatic heterocycles. The first kappa shape index (κ1) is 22.0. The summed E-state index contributed by atoms with van der Waals surface area (Å²) in [7, 11) is 0. The average Bonchev–Trinajstić information content (AvgIpc) is 2.70. The third kappa shape index (κ3) is 6.68. The van der Waals surface area contributed by atoms with Gasteiger partial charge in [0.25, 0.3) is 0 Å². The number of halogens is 1. The molecule has 0 spiro atoms. The molecule has 0 radical (unpaired) electrons. The van der Waals surface area contributed by atoms with Crippen molar-refractivity contribution in [3.8, 4) is 0 Å². The van der Waals surface area contributed by atoms with Crippen molar-refractivity contribution >= 4 is 23.6 Å². The molecule has 2 aromatic carbocycles. The molecule has 28 heavy (non-hydrogen) atoms. The molecule has 2 amide bonds. The number of aryl methyl sites for hydroxylation is 1. The number of thioether (sulfide) groups is 1. The highest BCUT2D eigenvalue weighted by atomic mass is 32.2. The Kier molecular flexibility index (Phi) is 8.51. The minimum Gasteiger partial charge on any atom is -0.354 e. The van der Waals surface area contributed by atoms with Crippen LogP contribution in [0, 0.1) is 12.7 Å². The Morgan fingerprint density at radius 1 is 1.11 bits per heavy atom. The molecule has 0 saturated carbocycles. The molecule has 0 aromatic heterocycles. The summed E-state index contributed by atoms with van der Waals surface area (Å²) in [5, 5.41) is 2.84. The highest BCUT2D eigenvalue weighted by Crippen LogP contribution is 2.20. The minimum atomic E-state index is -0.609. The molecule has 0 aliphatic rings. The zero-order chi connectivity index (χ0) is 20.5. The molecule has 150 valence electrons. The summed E-state index contributed by atoms with van der Waals surface area (Å²) >= 11 is 1.44. The van der Waals surface area contributed by atoms with Crippen LogP contribution in [-0.2, 0) is 16.1 Å². The maximum atomic E-state index is 13.2. The second-order valence-corrected chi connectivity index (χ2v) is 7.77. The zero-order valence-corrected chi connectivity index (χ0v) is 17.4. The van der Waals surface area contributed by atoms with Gasteiger partial charge in [0.15, 0.2) is 0 Å². The van der Waals surface area contributed by atoms with Crippen LogP contribution in [0.1, 0.15) is 31.4 Å². The second-order valence-electron chi connectivity index (χ2n) is 6.72. The summed E-state index contributed by atoms with van der Waals surface area (Å²) < 4.78 is 13.2. The van der Waals surface area contributed by atoms with Crippen LogP contribution in [0.2, 0.25) is 0 Å². The van der Waals surface area contributed by atoms with Gasteiger partial charge < -0.3 is 10.2 Å². The lowest BCUT2D eigenvalue weighted by Crippen LogP contribution is -2.48. The summed E-state index contributed by atoms with van der Waals surface area (Å²) in [4.78, 5) is 27.9. The number of nitrogens with zero attached hydrogens (tertiary/aromatic N) is 1. The smallest absolute Gasteiger partial charge is 0.242 e. The molecule has 4 nitrogen and oxygen atoms in total. The van der Waals surface area contributed by atoms with E-state index in [0.717, 1.165) is 22.4 Å². The van der Waals surface area contributed by atoms with Gasteiger partial charge in [0.1, 0.15) is 11.9 Å². The predicted octanol–water partition coefficient (Wildman–Crippen LogP) is 4.17. The van der Waals surface area contributed by atoms with Gasteiger partial charge in [0, 0.05) is 18.0 Å². The van der Waals surface area contributed by atoms with E-state index < -0.39 is 6.04 Å². The van der Waals surface area contributed by atoms with Crippen LogP contribution in [-0.4, -0.2) is 35.1 Å². The number of benzene rings is 2. The van der Waals surface area contributed by atoms with E-state index in [4.69, 9.17) is 0 Å². The van der Waals surface area contributed by atoms with Crippen molar-refractivity contribution in [2.75, 3.05) is 12.3 Å². The number of carbonyl (C=O) groups excluding carboxylic acids is 2. The van der Waals surface area contributed by atoms with Crippen molar-refractivity contribution in [2.24, 2.45) is 0 Å². The molecule has 1 unspecified atom stereocenters. The van der Waals surface area contributed by atoms with Gasteiger partial charge in [0.05, 0.1) is 5.75 Å². The van der Waals surface area contributed by atoms with E-state index in [1.165, 1.54) is 23.9 Å². The number of hydrogen-bond donors (Lipinski definition) is 1. The van der Waals surface area contributed by atoms with Crippen molar-refractivity contribution in [3.63, 3.8) is 0 Å². The van der Waals surface area contributed by atoms with E-state index in [-0.39, 0.29) is 29.9 Å². The Morgan fingerprint density at radius 3 is 2.36 bits per heavy atom. The fourth-order valence-corrected chi connectivity index (χ4v) is 3.41. The first-order valence-electron chi connectivity index (χ1n) is 9.41. The Morgan fingerprint density at radius 2 is 1.75 bits per heavy atom. The van der Waals surface area contributed by atoms with Crippen LogP contribution in [0.4, 0.5) is 4.39 Å². The molecule has 0 fully saturated rings. The molecular formula is C22H27FN2O2S. The van der Waals surface area contributed by atoms with Gasteiger partial charge in [-0.15, -0.1) is 11.8 Å². The van der Waals surface area contributed by atoms with Crippen LogP contribution in [0.25, 0.3) is 0 Å². The lowest BCUT2D eigenvalue weighted by molar-refractivity contribution is -0.138. The fourth-order valence-electron chi connectivity index (χ4n) is 2.63. The maximum Gasteiger partial charge on any atom is 0.242 e. The highest BCUT2D eigenvalue weighted by Gasteiger charge is 2.25. The summed E-state index contributed by atoms with van der Waals surface area (Å²) in [6.45, 7) is 6.54. The SMILES string of the molecule is CCCNC(=O)C(C)N(Cc1ccc(F)cc1)C(=O)CSc1ccc(C)cc1. The van der Waals surface area contributed by atoms with Gasteiger partial charge in [-0.05, 0) is 50.1 Å². The van der Waals surface area contributed by atoms with Crippen molar-refractivity contribution in [1.29, 1.82) is 0 Å².